The SMILES string of the molecule is C=C(Br)CNCc1ccc(OC)c2ccccc12. The molecule has 0 aliphatic carbocycles. The Morgan fingerprint density at radius 3 is 2.61 bits per heavy atom. The predicted molar refractivity (Wildman–Crippen MR) is 80.3 cm³/mol. The molecule has 0 atom stereocenters. The molecule has 94 valence electrons. The molecule has 18 heavy (non-hydrogen) atoms. The Kier molecular flexibility index (Phi) is 4.39. The number of hydrogen-bond donors (Lipinski definition) is 1. The summed E-state index contributed by atoms with van der Waals surface area (Å²) in [6.07, 6.45) is 0. The highest BCUT2D eigenvalue weighted by atomic mass is 79.9. The maximum atomic E-state index is 5.38. The molecule has 0 saturated carbocycles. The van der Waals surface area contributed by atoms with Gasteiger partial charge < -0.3 is 10.1 Å². The highest BCUT2D eigenvalue weighted by Gasteiger charge is 2.05. The van der Waals surface area contributed by atoms with Gasteiger partial charge in [-0.05, 0) is 17.0 Å². The largest absolute Gasteiger partial charge is 0.496 e. The molecule has 0 radical (unpaired) electrons. The van der Waals surface area contributed by atoms with Crippen molar-refractivity contribution in [2.75, 3.05) is 13.7 Å². The molecule has 2 rings (SSSR count). The Labute approximate surface area is 116 Å². The van der Waals surface area contributed by atoms with E-state index in [1.165, 1.54) is 10.9 Å². The van der Waals surface area contributed by atoms with Crippen molar-refractivity contribution in [1.29, 1.82) is 0 Å². The summed E-state index contributed by atoms with van der Waals surface area (Å²) in [5.74, 6) is 0.916. The Hall–Kier alpha value is -1.32. The van der Waals surface area contributed by atoms with E-state index in [9.17, 15) is 0 Å². The van der Waals surface area contributed by atoms with Crippen molar-refractivity contribution in [3.05, 3.63) is 53.0 Å². The fourth-order valence-corrected chi connectivity index (χ4v) is 2.20. The number of hydrogen-bond acceptors (Lipinski definition) is 2. The normalized spacial score (nSPS) is 10.6. The first kappa shape index (κ1) is 13.1. The molecule has 0 aromatic heterocycles. The molecule has 0 heterocycles. The number of methoxy groups -OCH3 is 1. The van der Waals surface area contributed by atoms with E-state index in [1.807, 2.05) is 12.1 Å². The van der Waals surface area contributed by atoms with Gasteiger partial charge in [-0.2, -0.15) is 0 Å². The molecule has 0 fully saturated rings. The lowest BCUT2D eigenvalue weighted by molar-refractivity contribution is 0.419. The highest BCUT2D eigenvalue weighted by Crippen LogP contribution is 2.28. The molecule has 0 saturated heterocycles. The van der Waals surface area contributed by atoms with Crippen LogP contribution in [0.25, 0.3) is 10.8 Å². The van der Waals surface area contributed by atoms with Crippen molar-refractivity contribution in [1.82, 2.24) is 5.32 Å². The highest BCUT2D eigenvalue weighted by molar-refractivity contribution is 9.11. The summed E-state index contributed by atoms with van der Waals surface area (Å²) in [7, 11) is 1.70. The maximum absolute atomic E-state index is 5.38. The van der Waals surface area contributed by atoms with Crippen LogP contribution in [0.4, 0.5) is 0 Å². The third kappa shape index (κ3) is 2.92. The van der Waals surface area contributed by atoms with E-state index < -0.39 is 0 Å². The van der Waals surface area contributed by atoms with Gasteiger partial charge in [-0.1, -0.05) is 52.8 Å². The summed E-state index contributed by atoms with van der Waals surface area (Å²) in [5.41, 5.74) is 1.26. The summed E-state index contributed by atoms with van der Waals surface area (Å²) in [5, 5.41) is 5.72. The van der Waals surface area contributed by atoms with Crippen LogP contribution in [0.2, 0.25) is 0 Å². The van der Waals surface area contributed by atoms with Gasteiger partial charge in [-0.25, -0.2) is 0 Å². The van der Waals surface area contributed by atoms with Gasteiger partial charge in [0.25, 0.3) is 0 Å². The third-order valence-corrected chi connectivity index (χ3v) is 3.11. The van der Waals surface area contributed by atoms with Crippen LogP contribution in [0.5, 0.6) is 5.75 Å². The van der Waals surface area contributed by atoms with E-state index in [4.69, 9.17) is 4.74 Å². The molecule has 0 aliphatic rings. The lowest BCUT2D eigenvalue weighted by atomic mass is 10.0. The predicted octanol–water partition coefficient (Wildman–Crippen LogP) is 3.85. The van der Waals surface area contributed by atoms with Crippen LogP contribution in [0.15, 0.2) is 47.5 Å². The monoisotopic (exact) mass is 305 g/mol. The number of fused-ring (bicyclic) bond motifs is 1. The van der Waals surface area contributed by atoms with Crippen LogP contribution in [-0.4, -0.2) is 13.7 Å². The third-order valence-electron chi connectivity index (χ3n) is 2.83. The molecule has 0 aliphatic heterocycles. The number of halogens is 1. The second-order valence-corrected chi connectivity index (χ2v) is 5.21. The van der Waals surface area contributed by atoms with Crippen LogP contribution in [0.1, 0.15) is 5.56 Å². The minimum atomic E-state index is 0.764. The zero-order chi connectivity index (χ0) is 13.0. The molecule has 0 amide bonds. The molecule has 3 heteroatoms. The summed E-state index contributed by atoms with van der Waals surface area (Å²) in [6.45, 7) is 5.39. The van der Waals surface area contributed by atoms with Gasteiger partial charge in [0, 0.05) is 23.0 Å². The quantitative estimate of drug-likeness (QED) is 0.906. The van der Waals surface area contributed by atoms with Crippen molar-refractivity contribution >= 4 is 26.7 Å². The van der Waals surface area contributed by atoms with Crippen molar-refractivity contribution < 1.29 is 4.74 Å². The second kappa shape index (κ2) is 6.03. The first-order valence-electron chi connectivity index (χ1n) is 5.81. The molecule has 0 spiro atoms. The second-order valence-electron chi connectivity index (χ2n) is 4.09. The Morgan fingerprint density at radius 2 is 1.94 bits per heavy atom. The van der Waals surface area contributed by atoms with E-state index in [2.05, 4.69) is 52.1 Å². The fraction of sp³-hybridized carbons (Fsp3) is 0.200. The minimum Gasteiger partial charge on any atom is -0.496 e. The van der Waals surface area contributed by atoms with E-state index in [1.54, 1.807) is 7.11 Å². The average molecular weight is 306 g/mol. The van der Waals surface area contributed by atoms with Crippen LogP contribution in [0, 0.1) is 0 Å². The summed E-state index contributed by atoms with van der Waals surface area (Å²) < 4.78 is 6.34. The van der Waals surface area contributed by atoms with Gasteiger partial charge in [0.2, 0.25) is 0 Å². The Balaban J connectivity index is 2.31. The van der Waals surface area contributed by atoms with Gasteiger partial charge in [0.1, 0.15) is 5.75 Å². The molecule has 0 unspecified atom stereocenters. The molecular formula is C15H16BrNO. The molecule has 1 N–H and O–H groups in total. The zero-order valence-corrected chi connectivity index (χ0v) is 12.0. The van der Waals surface area contributed by atoms with E-state index in [0.717, 1.165) is 28.7 Å². The van der Waals surface area contributed by atoms with Crippen LogP contribution < -0.4 is 10.1 Å². The number of nitrogens with one attached hydrogen (secondary N) is 1. The lowest BCUT2D eigenvalue weighted by Gasteiger charge is -2.11. The number of benzene rings is 2. The van der Waals surface area contributed by atoms with Crippen molar-refractivity contribution in [2.45, 2.75) is 6.54 Å². The van der Waals surface area contributed by atoms with Gasteiger partial charge in [0.05, 0.1) is 7.11 Å². The van der Waals surface area contributed by atoms with Crippen LogP contribution in [0.3, 0.4) is 0 Å². The molecule has 0 bridgehead atoms. The summed E-state index contributed by atoms with van der Waals surface area (Å²) in [6, 6.07) is 12.4. The first-order valence-corrected chi connectivity index (χ1v) is 6.60. The van der Waals surface area contributed by atoms with Crippen molar-refractivity contribution in [2.24, 2.45) is 0 Å². The summed E-state index contributed by atoms with van der Waals surface area (Å²) in [4.78, 5) is 0. The topological polar surface area (TPSA) is 21.3 Å². The molecule has 2 aromatic rings. The smallest absolute Gasteiger partial charge is 0.126 e. The van der Waals surface area contributed by atoms with Crippen LogP contribution >= 0.6 is 15.9 Å². The van der Waals surface area contributed by atoms with Crippen molar-refractivity contribution in [3.63, 3.8) is 0 Å². The number of rotatable bonds is 5. The van der Waals surface area contributed by atoms with Crippen LogP contribution in [-0.2, 0) is 6.54 Å². The van der Waals surface area contributed by atoms with E-state index >= 15 is 0 Å². The first-order chi connectivity index (χ1) is 8.72. The summed E-state index contributed by atoms with van der Waals surface area (Å²) >= 11 is 3.34. The zero-order valence-electron chi connectivity index (χ0n) is 10.4. The Bertz CT molecular complexity index is 565. The van der Waals surface area contributed by atoms with Gasteiger partial charge in [-0.15, -0.1) is 0 Å². The molecule has 2 aromatic carbocycles. The van der Waals surface area contributed by atoms with Crippen molar-refractivity contribution in [3.8, 4) is 5.75 Å². The number of ether oxygens (including phenoxy) is 1. The van der Waals surface area contributed by atoms with Gasteiger partial charge in [-0.3, -0.25) is 0 Å². The van der Waals surface area contributed by atoms with E-state index in [-0.39, 0.29) is 0 Å². The average Bonchev–Trinajstić information content (AvgIpc) is 2.38. The van der Waals surface area contributed by atoms with Gasteiger partial charge >= 0.3 is 0 Å². The standard InChI is InChI=1S/C15H16BrNO/c1-11(16)9-17-10-12-7-8-15(18-2)14-6-4-3-5-13(12)14/h3-8,17H,1,9-10H2,2H3. The maximum Gasteiger partial charge on any atom is 0.126 e. The van der Waals surface area contributed by atoms with Gasteiger partial charge in [0.15, 0.2) is 0 Å². The Morgan fingerprint density at radius 1 is 1.22 bits per heavy atom. The minimum absolute atomic E-state index is 0.764. The molecular weight excluding hydrogens is 290 g/mol. The fourth-order valence-electron chi connectivity index (χ4n) is 2.00. The molecule has 2 nitrogen and oxygen atoms in total. The van der Waals surface area contributed by atoms with E-state index in [0.29, 0.717) is 0 Å². The lowest BCUT2D eigenvalue weighted by Crippen LogP contribution is -2.14.